The Morgan fingerprint density at radius 3 is 2.71 bits per heavy atom. The Hall–Kier alpha value is -2.30. The molecule has 5 rings (SSSR count). The number of carbonyl (C=O) groups excluding carboxylic acids is 1. The Kier molecular flexibility index (Phi) is 4.22. The van der Waals surface area contributed by atoms with E-state index in [9.17, 15) is 4.79 Å². The van der Waals surface area contributed by atoms with E-state index in [1.165, 1.54) is 22.2 Å². The van der Waals surface area contributed by atoms with E-state index in [0.717, 1.165) is 49.6 Å². The lowest BCUT2D eigenvalue weighted by Crippen LogP contribution is -2.31. The molecule has 1 aliphatic carbocycles. The number of likely N-dealkylation sites (N-methyl/N-ethyl adjacent to an activating group) is 1. The second-order valence-corrected chi connectivity index (χ2v) is 8.70. The number of nitrogens with one attached hydrogen (secondary N) is 1. The van der Waals surface area contributed by atoms with Gasteiger partial charge in [-0.25, -0.2) is 0 Å². The van der Waals surface area contributed by atoms with Crippen molar-refractivity contribution in [2.24, 2.45) is 5.41 Å². The molecule has 0 atom stereocenters. The molecule has 4 nitrogen and oxygen atoms in total. The second kappa shape index (κ2) is 6.64. The van der Waals surface area contributed by atoms with Crippen LogP contribution in [0.4, 0.5) is 5.69 Å². The maximum absolute atomic E-state index is 13.1. The van der Waals surface area contributed by atoms with Gasteiger partial charge in [0.1, 0.15) is 0 Å². The van der Waals surface area contributed by atoms with Gasteiger partial charge in [0.2, 0.25) is 5.91 Å². The molecule has 2 aromatic carbocycles. The van der Waals surface area contributed by atoms with E-state index in [1.54, 1.807) is 0 Å². The number of halogens is 1. The molecule has 0 spiro atoms. The van der Waals surface area contributed by atoms with Crippen LogP contribution in [-0.4, -0.2) is 29.0 Å². The van der Waals surface area contributed by atoms with Gasteiger partial charge in [-0.1, -0.05) is 29.8 Å². The average Bonchev–Trinajstić information content (AvgIpc) is 3.42. The highest BCUT2D eigenvalue weighted by molar-refractivity contribution is 6.31. The molecule has 2 heterocycles. The number of rotatable bonds is 4. The second-order valence-electron chi connectivity index (χ2n) is 8.26. The first-order valence-corrected chi connectivity index (χ1v) is 10.3. The highest BCUT2D eigenvalue weighted by atomic mass is 35.5. The number of fused-ring (bicyclic) bond motifs is 3. The van der Waals surface area contributed by atoms with Crippen LogP contribution in [0, 0.1) is 5.41 Å². The average molecular weight is 394 g/mol. The molecular formula is C23H24ClN3O. The van der Waals surface area contributed by atoms with E-state index >= 15 is 0 Å². The van der Waals surface area contributed by atoms with Crippen LogP contribution in [0.25, 0.3) is 10.9 Å². The molecule has 1 aliphatic heterocycles. The molecule has 1 amide bonds. The van der Waals surface area contributed by atoms with E-state index in [-0.39, 0.29) is 11.3 Å². The first kappa shape index (κ1) is 17.8. The fourth-order valence-electron chi connectivity index (χ4n) is 4.42. The Balaban J connectivity index is 1.51. The lowest BCUT2D eigenvalue weighted by molar-refractivity contribution is -0.121. The smallest absolute Gasteiger partial charge is 0.232 e. The standard InChI is InChI=1S/C23H24ClN3O/c1-26-12-9-18-19-13-16(24)7-8-20(19)27(21(18)14-26)15-23(10-11-23)22(28)25-17-5-3-2-4-6-17/h2-8,13H,9-12,14-15H2,1H3,(H,25,28). The van der Waals surface area contributed by atoms with Crippen molar-refractivity contribution in [2.75, 3.05) is 18.9 Å². The number of hydrogen-bond donors (Lipinski definition) is 1. The third-order valence-electron chi connectivity index (χ3n) is 6.24. The largest absolute Gasteiger partial charge is 0.342 e. The van der Waals surface area contributed by atoms with Gasteiger partial charge >= 0.3 is 0 Å². The molecule has 144 valence electrons. The van der Waals surface area contributed by atoms with Crippen LogP contribution in [0.2, 0.25) is 5.02 Å². The van der Waals surface area contributed by atoms with Crippen molar-refractivity contribution < 1.29 is 4.79 Å². The van der Waals surface area contributed by atoms with Crippen LogP contribution in [-0.2, 0) is 24.3 Å². The molecule has 3 aromatic rings. The quantitative estimate of drug-likeness (QED) is 0.697. The van der Waals surface area contributed by atoms with Crippen molar-refractivity contribution in [2.45, 2.75) is 32.4 Å². The number of aromatic nitrogens is 1. The minimum Gasteiger partial charge on any atom is -0.342 e. The van der Waals surface area contributed by atoms with Crippen LogP contribution in [0.1, 0.15) is 24.1 Å². The molecule has 1 saturated carbocycles. The van der Waals surface area contributed by atoms with Crippen LogP contribution in [0.15, 0.2) is 48.5 Å². The Morgan fingerprint density at radius 1 is 1.18 bits per heavy atom. The van der Waals surface area contributed by atoms with Crippen molar-refractivity contribution in [3.63, 3.8) is 0 Å². The highest BCUT2D eigenvalue weighted by Gasteiger charge is 2.50. The van der Waals surface area contributed by atoms with Gasteiger partial charge in [-0.2, -0.15) is 0 Å². The van der Waals surface area contributed by atoms with Gasteiger partial charge in [-0.3, -0.25) is 4.79 Å². The molecule has 0 radical (unpaired) electrons. The third kappa shape index (κ3) is 3.01. The summed E-state index contributed by atoms with van der Waals surface area (Å²) < 4.78 is 2.38. The van der Waals surface area contributed by atoms with E-state index < -0.39 is 0 Å². The summed E-state index contributed by atoms with van der Waals surface area (Å²) in [7, 11) is 2.16. The maximum atomic E-state index is 13.1. The molecular weight excluding hydrogens is 370 g/mol. The van der Waals surface area contributed by atoms with E-state index in [2.05, 4.69) is 34.0 Å². The van der Waals surface area contributed by atoms with Crippen LogP contribution in [0.5, 0.6) is 0 Å². The fraction of sp³-hybridized carbons (Fsp3) is 0.348. The molecule has 28 heavy (non-hydrogen) atoms. The third-order valence-corrected chi connectivity index (χ3v) is 6.47. The van der Waals surface area contributed by atoms with Crippen LogP contribution < -0.4 is 5.32 Å². The summed E-state index contributed by atoms with van der Waals surface area (Å²) in [6.45, 7) is 2.70. The van der Waals surface area contributed by atoms with Crippen LogP contribution in [0.3, 0.4) is 0 Å². The molecule has 2 aliphatic rings. The zero-order valence-electron chi connectivity index (χ0n) is 16.0. The normalized spacial score (nSPS) is 18.1. The van der Waals surface area contributed by atoms with Crippen molar-refractivity contribution in [3.05, 3.63) is 64.8 Å². The van der Waals surface area contributed by atoms with E-state index in [1.807, 2.05) is 36.4 Å². The number of anilines is 1. The molecule has 0 unspecified atom stereocenters. The number of benzene rings is 2. The topological polar surface area (TPSA) is 37.3 Å². The van der Waals surface area contributed by atoms with Crippen molar-refractivity contribution in [1.29, 1.82) is 0 Å². The fourth-order valence-corrected chi connectivity index (χ4v) is 4.59. The number of carbonyl (C=O) groups is 1. The first-order chi connectivity index (χ1) is 13.6. The summed E-state index contributed by atoms with van der Waals surface area (Å²) in [5.41, 5.74) is 4.48. The van der Waals surface area contributed by atoms with Crippen molar-refractivity contribution >= 4 is 34.1 Å². The minimum atomic E-state index is -0.314. The molecule has 1 fully saturated rings. The highest BCUT2D eigenvalue weighted by Crippen LogP contribution is 2.49. The first-order valence-electron chi connectivity index (χ1n) is 9.90. The lowest BCUT2D eigenvalue weighted by atomic mass is 10.0. The Morgan fingerprint density at radius 2 is 1.96 bits per heavy atom. The minimum absolute atomic E-state index is 0.132. The Labute approximate surface area is 170 Å². The summed E-state index contributed by atoms with van der Waals surface area (Å²) in [6, 6.07) is 15.9. The van der Waals surface area contributed by atoms with Gasteiger partial charge in [-0.15, -0.1) is 0 Å². The summed E-state index contributed by atoms with van der Waals surface area (Å²) >= 11 is 6.30. The molecule has 0 saturated heterocycles. The van der Waals surface area contributed by atoms with E-state index in [0.29, 0.717) is 0 Å². The predicted molar refractivity (Wildman–Crippen MR) is 114 cm³/mol. The zero-order chi connectivity index (χ0) is 19.3. The predicted octanol–water partition coefficient (Wildman–Crippen LogP) is 4.70. The summed E-state index contributed by atoms with van der Waals surface area (Å²) in [4.78, 5) is 15.4. The number of amides is 1. The molecule has 1 aromatic heterocycles. The number of nitrogens with zero attached hydrogens (tertiary/aromatic N) is 2. The summed E-state index contributed by atoms with van der Waals surface area (Å²) in [6.07, 6.45) is 2.89. The molecule has 5 heteroatoms. The number of hydrogen-bond acceptors (Lipinski definition) is 2. The van der Waals surface area contributed by atoms with Crippen molar-refractivity contribution in [3.8, 4) is 0 Å². The Bertz CT molecular complexity index is 1050. The van der Waals surface area contributed by atoms with Gasteiger partial charge < -0.3 is 14.8 Å². The van der Waals surface area contributed by atoms with Crippen LogP contribution >= 0.6 is 11.6 Å². The SMILES string of the molecule is CN1CCc2c(n(CC3(C(=O)Nc4ccccc4)CC3)c3ccc(Cl)cc23)C1. The zero-order valence-corrected chi connectivity index (χ0v) is 16.8. The van der Waals surface area contributed by atoms with Gasteiger partial charge in [0.05, 0.1) is 5.41 Å². The van der Waals surface area contributed by atoms with Gasteiger partial charge in [0.25, 0.3) is 0 Å². The van der Waals surface area contributed by atoms with Gasteiger partial charge in [0, 0.05) is 46.9 Å². The van der Waals surface area contributed by atoms with E-state index in [4.69, 9.17) is 11.6 Å². The van der Waals surface area contributed by atoms with Gasteiger partial charge in [0.15, 0.2) is 0 Å². The number of para-hydroxylation sites is 1. The lowest BCUT2D eigenvalue weighted by Gasteiger charge is -2.26. The summed E-state index contributed by atoms with van der Waals surface area (Å²) in [5, 5.41) is 5.14. The summed E-state index contributed by atoms with van der Waals surface area (Å²) in [5.74, 6) is 0.132. The maximum Gasteiger partial charge on any atom is 0.232 e. The molecule has 1 N–H and O–H groups in total. The van der Waals surface area contributed by atoms with Gasteiger partial charge in [-0.05, 0) is 62.2 Å². The molecule has 0 bridgehead atoms. The van der Waals surface area contributed by atoms with Crippen molar-refractivity contribution in [1.82, 2.24) is 9.47 Å². The monoisotopic (exact) mass is 393 g/mol.